The van der Waals surface area contributed by atoms with E-state index in [4.69, 9.17) is 0 Å². The van der Waals surface area contributed by atoms with Crippen molar-refractivity contribution in [1.29, 1.82) is 0 Å². The van der Waals surface area contributed by atoms with Gasteiger partial charge in [-0.2, -0.15) is 0 Å². The van der Waals surface area contributed by atoms with E-state index < -0.39 is 9.84 Å². The van der Waals surface area contributed by atoms with Crippen LogP contribution in [0.25, 0.3) is 0 Å². The molecular formula is C10H20N2O2S. The van der Waals surface area contributed by atoms with Gasteiger partial charge in [-0.25, -0.2) is 8.42 Å². The van der Waals surface area contributed by atoms with Gasteiger partial charge in [0.15, 0.2) is 9.84 Å². The fourth-order valence-electron chi connectivity index (χ4n) is 2.27. The monoisotopic (exact) mass is 232 g/mol. The molecule has 1 unspecified atom stereocenters. The molecule has 0 aromatic carbocycles. The van der Waals surface area contributed by atoms with Crippen molar-refractivity contribution >= 4 is 9.84 Å². The van der Waals surface area contributed by atoms with Gasteiger partial charge < -0.3 is 5.32 Å². The minimum atomic E-state index is -2.75. The molecule has 2 saturated heterocycles. The van der Waals surface area contributed by atoms with Crippen molar-refractivity contribution in [3.05, 3.63) is 0 Å². The molecule has 2 aliphatic heterocycles. The summed E-state index contributed by atoms with van der Waals surface area (Å²) in [4.78, 5) is 2.32. The van der Waals surface area contributed by atoms with Crippen LogP contribution in [0.5, 0.6) is 0 Å². The average molecular weight is 232 g/mol. The first kappa shape index (κ1) is 11.4. The van der Waals surface area contributed by atoms with Gasteiger partial charge in [-0.3, -0.25) is 4.90 Å². The summed E-state index contributed by atoms with van der Waals surface area (Å²) in [6.07, 6.45) is 1.21. The Bertz CT molecular complexity index is 311. The van der Waals surface area contributed by atoms with Gasteiger partial charge in [0.25, 0.3) is 0 Å². The zero-order valence-electron chi connectivity index (χ0n) is 9.28. The van der Waals surface area contributed by atoms with Crippen LogP contribution in [0, 0.1) is 5.92 Å². The van der Waals surface area contributed by atoms with E-state index in [-0.39, 0.29) is 6.04 Å². The number of nitrogens with one attached hydrogen (secondary N) is 1. The van der Waals surface area contributed by atoms with Gasteiger partial charge in [0, 0.05) is 12.6 Å². The maximum Gasteiger partial charge on any atom is 0.153 e. The summed E-state index contributed by atoms with van der Waals surface area (Å²) in [5.41, 5.74) is 0. The maximum atomic E-state index is 11.4. The molecule has 0 saturated carbocycles. The Hall–Kier alpha value is -0.130. The second-order valence-corrected chi connectivity index (χ2v) is 7.04. The minimum absolute atomic E-state index is 0.205. The Morgan fingerprint density at radius 1 is 1.40 bits per heavy atom. The lowest BCUT2D eigenvalue weighted by molar-refractivity contribution is 0.194. The quantitative estimate of drug-likeness (QED) is 0.727. The molecular weight excluding hydrogens is 212 g/mol. The third-order valence-corrected chi connectivity index (χ3v) is 5.29. The Labute approximate surface area is 91.9 Å². The predicted octanol–water partition coefficient (Wildman–Crippen LogP) is -0.285. The number of hydrogen-bond donors (Lipinski definition) is 1. The molecule has 0 spiro atoms. The molecule has 15 heavy (non-hydrogen) atoms. The highest BCUT2D eigenvalue weighted by molar-refractivity contribution is 7.91. The molecule has 1 N–H and O–H groups in total. The van der Waals surface area contributed by atoms with Crippen molar-refractivity contribution in [2.24, 2.45) is 5.92 Å². The Morgan fingerprint density at radius 3 is 2.67 bits per heavy atom. The molecule has 0 aromatic heterocycles. The van der Waals surface area contributed by atoms with E-state index in [9.17, 15) is 8.42 Å². The van der Waals surface area contributed by atoms with Crippen molar-refractivity contribution in [3.63, 3.8) is 0 Å². The fraction of sp³-hybridized carbons (Fsp3) is 1.00. The summed E-state index contributed by atoms with van der Waals surface area (Å²) in [6, 6.07) is 0.205. The Balaban J connectivity index is 1.78. The third kappa shape index (κ3) is 2.92. The van der Waals surface area contributed by atoms with Crippen molar-refractivity contribution in [2.75, 3.05) is 37.7 Å². The SMILES string of the molecule is CC1CS(=O)(=O)CCN1CCC1CNC1. The second kappa shape index (κ2) is 4.39. The molecule has 0 amide bonds. The smallest absolute Gasteiger partial charge is 0.153 e. The van der Waals surface area contributed by atoms with E-state index in [2.05, 4.69) is 10.2 Å². The van der Waals surface area contributed by atoms with Gasteiger partial charge in [-0.1, -0.05) is 0 Å². The highest BCUT2D eigenvalue weighted by Gasteiger charge is 2.28. The molecule has 4 nitrogen and oxygen atoms in total. The maximum absolute atomic E-state index is 11.4. The summed E-state index contributed by atoms with van der Waals surface area (Å²) in [6.45, 7) is 6.09. The van der Waals surface area contributed by atoms with E-state index in [1.54, 1.807) is 0 Å². The average Bonchev–Trinajstić information content (AvgIpc) is 2.04. The lowest BCUT2D eigenvalue weighted by atomic mass is 9.99. The lowest BCUT2D eigenvalue weighted by Crippen LogP contribution is -2.49. The van der Waals surface area contributed by atoms with Crippen LogP contribution < -0.4 is 5.32 Å². The van der Waals surface area contributed by atoms with E-state index in [1.165, 1.54) is 6.42 Å². The summed E-state index contributed by atoms with van der Waals surface area (Å²) in [5.74, 6) is 1.51. The van der Waals surface area contributed by atoms with Crippen LogP contribution in [0.15, 0.2) is 0 Å². The molecule has 88 valence electrons. The summed E-state index contributed by atoms with van der Waals surface area (Å²) in [7, 11) is -2.75. The van der Waals surface area contributed by atoms with Gasteiger partial charge in [0.05, 0.1) is 11.5 Å². The molecule has 2 fully saturated rings. The zero-order chi connectivity index (χ0) is 10.9. The molecule has 5 heteroatoms. The molecule has 0 aromatic rings. The molecule has 2 aliphatic rings. The van der Waals surface area contributed by atoms with Crippen LogP contribution in [0.1, 0.15) is 13.3 Å². The summed E-state index contributed by atoms with van der Waals surface area (Å²) < 4.78 is 22.8. The third-order valence-electron chi connectivity index (χ3n) is 3.50. The first-order valence-electron chi connectivity index (χ1n) is 5.72. The van der Waals surface area contributed by atoms with Crippen LogP contribution >= 0.6 is 0 Å². The number of rotatable bonds is 3. The largest absolute Gasteiger partial charge is 0.316 e. The molecule has 2 heterocycles. The van der Waals surface area contributed by atoms with E-state index in [0.717, 1.165) is 32.1 Å². The lowest BCUT2D eigenvalue weighted by Gasteiger charge is -2.35. The molecule has 0 bridgehead atoms. The van der Waals surface area contributed by atoms with Gasteiger partial charge in [0.2, 0.25) is 0 Å². The van der Waals surface area contributed by atoms with Crippen molar-refractivity contribution in [3.8, 4) is 0 Å². The van der Waals surface area contributed by atoms with Crippen LogP contribution in [-0.2, 0) is 9.84 Å². The van der Waals surface area contributed by atoms with Crippen molar-refractivity contribution in [2.45, 2.75) is 19.4 Å². The Morgan fingerprint density at radius 2 is 2.13 bits per heavy atom. The van der Waals surface area contributed by atoms with Gasteiger partial charge >= 0.3 is 0 Å². The van der Waals surface area contributed by atoms with E-state index in [0.29, 0.717) is 11.5 Å². The standard InChI is InChI=1S/C10H20N2O2S/c1-9-8-15(13,14)5-4-12(9)3-2-10-6-11-7-10/h9-11H,2-8H2,1H3. The van der Waals surface area contributed by atoms with Crippen molar-refractivity contribution < 1.29 is 8.42 Å². The van der Waals surface area contributed by atoms with Crippen LogP contribution in [0.2, 0.25) is 0 Å². The number of nitrogens with zero attached hydrogens (tertiary/aromatic N) is 1. The van der Waals surface area contributed by atoms with Crippen LogP contribution in [-0.4, -0.2) is 57.0 Å². The van der Waals surface area contributed by atoms with E-state index >= 15 is 0 Å². The first-order valence-corrected chi connectivity index (χ1v) is 7.54. The topological polar surface area (TPSA) is 49.4 Å². The normalized spacial score (nSPS) is 32.5. The highest BCUT2D eigenvalue weighted by Crippen LogP contribution is 2.15. The van der Waals surface area contributed by atoms with Crippen LogP contribution in [0.3, 0.4) is 0 Å². The van der Waals surface area contributed by atoms with E-state index in [1.807, 2.05) is 6.92 Å². The second-order valence-electron chi connectivity index (χ2n) is 4.81. The van der Waals surface area contributed by atoms with Crippen molar-refractivity contribution in [1.82, 2.24) is 10.2 Å². The summed E-state index contributed by atoms with van der Waals surface area (Å²) >= 11 is 0. The van der Waals surface area contributed by atoms with Gasteiger partial charge in [-0.05, 0) is 38.9 Å². The molecule has 1 atom stereocenters. The van der Waals surface area contributed by atoms with Gasteiger partial charge in [0.1, 0.15) is 0 Å². The minimum Gasteiger partial charge on any atom is -0.316 e. The predicted molar refractivity (Wildman–Crippen MR) is 60.7 cm³/mol. The highest BCUT2D eigenvalue weighted by atomic mass is 32.2. The van der Waals surface area contributed by atoms with Crippen LogP contribution in [0.4, 0.5) is 0 Å². The summed E-state index contributed by atoms with van der Waals surface area (Å²) in [5, 5.41) is 3.26. The van der Waals surface area contributed by atoms with Gasteiger partial charge in [-0.15, -0.1) is 0 Å². The fourth-order valence-corrected chi connectivity index (χ4v) is 3.89. The Kier molecular flexibility index (Phi) is 3.33. The molecule has 2 rings (SSSR count). The molecule has 0 aliphatic carbocycles. The number of sulfone groups is 1. The first-order chi connectivity index (χ1) is 7.07. The number of hydrogen-bond acceptors (Lipinski definition) is 4. The molecule has 0 radical (unpaired) electrons. The zero-order valence-corrected chi connectivity index (χ0v) is 10.1.